The molecule has 0 saturated carbocycles. The van der Waals surface area contributed by atoms with Crippen molar-refractivity contribution in [3.8, 4) is 0 Å². The van der Waals surface area contributed by atoms with Crippen LogP contribution in [-0.2, 0) is 0 Å². The lowest BCUT2D eigenvalue weighted by Crippen LogP contribution is -1.67. The van der Waals surface area contributed by atoms with Gasteiger partial charge in [0.25, 0.3) is 0 Å². The number of rotatable bonds is 0. The molecule has 1 aliphatic carbocycles. The molecule has 1 nitrogen and oxygen atoms in total. The highest BCUT2D eigenvalue weighted by molar-refractivity contribution is 5.05. The molecule has 0 aromatic heterocycles. The van der Waals surface area contributed by atoms with Crippen LogP contribution in [0.5, 0.6) is 0 Å². The maximum atomic E-state index is 8.56. The number of aliphatic hydroxyl groups excluding tert-OH is 1. The van der Waals surface area contributed by atoms with Crippen LogP contribution < -0.4 is 0 Å². The van der Waals surface area contributed by atoms with Crippen molar-refractivity contribution in [2.75, 3.05) is 0 Å². The summed E-state index contributed by atoms with van der Waals surface area (Å²) in [6.45, 7) is 0. The largest absolute Gasteiger partial charge is 0.513 e. The number of hydrogen-bond acceptors (Lipinski definition) is 1. The molecule has 0 aromatic carbocycles. The smallest absolute Gasteiger partial charge is 0.0885 e. The van der Waals surface area contributed by atoms with Crippen molar-refractivity contribution in [1.82, 2.24) is 0 Å². The van der Waals surface area contributed by atoms with Gasteiger partial charge in [0.2, 0.25) is 0 Å². The van der Waals surface area contributed by atoms with E-state index in [2.05, 4.69) is 0 Å². The topological polar surface area (TPSA) is 20.2 Å². The zero-order valence-corrected chi connectivity index (χ0v) is 3.52. The first-order valence-corrected chi connectivity index (χ1v) is 2.09. The molecule has 0 saturated heterocycles. The van der Waals surface area contributed by atoms with Crippen LogP contribution in [0.4, 0.5) is 0 Å². The predicted octanol–water partition coefficient (Wildman–Crippen LogP) is 1.43. The summed E-state index contributed by atoms with van der Waals surface area (Å²) in [5.41, 5.74) is 0. The summed E-state index contributed by atoms with van der Waals surface area (Å²) in [7, 11) is 0. The molecule has 0 fully saturated rings. The van der Waals surface area contributed by atoms with Crippen molar-refractivity contribution in [1.29, 1.82) is 0 Å². The minimum atomic E-state index is 0.523. The Labute approximate surface area is 37.3 Å². The SMILES string of the molecule is OC1=CC[CH]C1. The molecule has 1 rings (SSSR count). The fourth-order valence-electron chi connectivity index (χ4n) is 0.534. The summed E-state index contributed by atoms with van der Waals surface area (Å²) in [5.74, 6) is 0.523. The molecule has 0 amide bonds. The molecule has 1 aliphatic rings. The molecule has 1 N–H and O–H groups in total. The van der Waals surface area contributed by atoms with Gasteiger partial charge < -0.3 is 5.11 Å². The lowest BCUT2D eigenvalue weighted by molar-refractivity contribution is 0.404. The van der Waals surface area contributed by atoms with Gasteiger partial charge in [-0.25, -0.2) is 0 Å². The standard InChI is InChI=1S/C5H7O/c6-5-3-1-2-4-5/h1,4,6H,2-3H2. The number of allylic oxidation sites excluding steroid dienone is 2. The second-order valence-electron chi connectivity index (χ2n) is 1.42. The second-order valence-corrected chi connectivity index (χ2v) is 1.42. The maximum absolute atomic E-state index is 8.56. The lowest BCUT2D eigenvalue weighted by atomic mass is 10.4. The highest BCUT2D eigenvalue weighted by Crippen LogP contribution is 2.11. The molecule has 0 aromatic rings. The molecule has 0 atom stereocenters. The quantitative estimate of drug-likeness (QED) is 0.469. The van der Waals surface area contributed by atoms with E-state index in [0.29, 0.717) is 5.76 Å². The van der Waals surface area contributed by atoms with Gasteiger partial charge in [0, 0.05) is 6.42 Å². The van der Waals surface area contributed by atoms with E-state index in [9.17, 15) is 0 Å². The van der Waals surface area contributed by atoms with Gasteiger partial charge in [-0.05, 0) is 18.9 Å². The van der Waals surface area contributed by atoms with Gasteiger partial charge in [-0.2, -0.15) is 0 Å². The highest BCUT2D eigenvalue weighted by Gasteiger charge is 1.98. The van der Waals surface area contributed by atoms with Crippen LogP contribution in [0.1, 0.15) is 12.8 Å². The molecule has 1 heteroatoms. The zero-order valence-electron chi connectivity index (χ0n) is 3.52. The first kappa shape index (κ1) is 3.72. The van der Waals surface area contributed by atoms with E-state index in [4.69, 9.17) is 5.11 Å². The minimum absolute atomic E-state index is 0.523. The van der Waals surface area contributed by atoms with Crippen molar-refractivity contribution >= 4 is 0 Å². The average molecular weight is 83.1 g/mol. The molecular weight excluding hydrogens is 76.1 g/mol. The van der Waals surface area contributed by atoms with Gasteiger partial charge in [0.15, 0.2) is 0 Å². The minimum Gasteiger partial charge on any atom is -0.513 e. The Morgan fingerprint density at radius 1 is 1.67 bits per heavy atom. The van der Waals surface area contributed by atoms with Crippen LogP contribution in [-0.4, -0.2) is 5.11 Å². The molecule has 0 aliphatic heterocycles. The first-order chi connectivity index (χ1) is 2.89. The second kappa shape index (κ2) is 1.33. The summed E-state index contributed by atoms with van der Waals surface area (Å²) in [6.07, 6.45) is 5.58. The van der Waals surface area contributed by atoms with Crippen molar-refractivity contribution < 1.29 is 5.11 Å². The average Bonchev–Trinajstić information content (AvgIpc) is 1.86. The monoisotopic (exact) mass is 83.0 g/mol. The maximum Gasteiger partial charge on any atom is 0.0885 e. The predicted molar refractivity (Wildman–Crippen MR) is 24.2 cm³/mol. The third kappa shape index (κ3) is 0.534. The van der Waals surface area contributed by atoms with Crippen LogP contribution in [0, 0.1) is 6.42 Å². The van der Waals surface area contributed by atoms with E-state index in [1.165, 1.54) is 0 Å². The van der Waals surface area contributed by atoms with Gasteiger partial charge in [-0.1, -0.05) is 0 Å². The van der Waals surface area contributed by atoms with E-state index >= 15 is 0 Å². The highest BCUT2D eigenvalue weighted by atomic mass is 16.3. The first-order valence-electron chi connectivity index (χ1n) is 2.09. The number of hydrogen-bond donors (Lipinski definition) is 1. The normalized spacial score (nSPS) is 21.0. The molecule has 0 spiro atoms. The van der Waals surface area contributed by atoms with Crippen molar-refractivity contribution in [2.45, 2.75) is 12.8 Å². The third-order valence-corrected chi connectivity index (χ3v) is 0.874. The van der Waals surface area contributed by atoms with E-state index in [-0.39, 0.29) is 0 Å². The molecular formula is C5H7O. The van der Waals surface area contributed by atoms with E-state index < -0.39 is 0 Å². The van der Waals surface area contributed by atoms with E-state index in [0.717, 1.165) is 12.8 Å². The molecule has 0 unspecified atom stereocenters. The van der Waals surface area contributed by atoms with Crippen molar-refractivity contribution in [2.24, 2.45) is 0 Å². The summed E-state index contributed by atoms with van der Waals surface area (Å²) >= 11 is 0. The van der Waals surface area contributed by atoms with Gasteiger partial charge in [0.05, 0.1) is 5.76 Å². The lowest BCUT2D eigenvalue weighted by Gasteiger charge is -1.79. The summed E-state index contributed by atoms with van der Waals surface area (Å²) in [6, 6.07) is 0. The Hall–Kier alpha value is -0.460. The Balaban J connectivity index is 2.45. The van der Waals surface area contributed by atoms with Gasteiger partial charge in [0.1, 0.15) is 0 Å². The van der Waals surface area contributed by atoms with E-state index in [1.807, 2.05) is 12.5 Å². The Kier molecular flexibility index (Phi) is 0.825. The van der Waals surface area contributed by atoms with Gasteiger partial charge in [-0.15, -0.1) is 0 Å². The van der Waals surface area contributed by atoms with Crippen LogP contribution in [0.25, 0.3) is 0 Å². The third-order valence-electron chi connectivity index (χ3n) is 0.874. The molecule has 6 heavy (non-hydrogen) atoms. The zero-order chi connectivity index (χ0) is 4.41. The van der Waals surface area contributed by atoms with Crippen LogP contribution in [0.3, 0.4) is 0 Å². The Morgan fingerprint density at radius 2 is 2.50 bits per heavy atom. The van der Waals surface area contributed by atoms with Gasteiger partial charge in [-0.3, -0.25) is 0 Å². The Bertz CT molecular complexity index is 74.0. The summed E-state index contributed by atoms with van der Waals surface area (Å²) in [4.78, 5) is 0. The number of aliphatic hydroxyl groups is 1. The molecule has 1 radical (unpaired) electrons. The molecule has 33 valence electrons. The van der Waals surface area contributed by atoms with Crippen LogP contribution in [0.15, 0.2) is 11.8 Å². The fraction of sp³-hybridized carbons (Fsp3) is 0.400. The fourth-order valence-corrected chi connectivity index (χ4v) is 0.534. The molecule has 0 heterocycles. The summed E-state index contributed by atoms with van der Waals surface area (Å²) < 4.78 is 0. The summed E-state index contributed by atoms with van der Waals surface area (Å²) in [5, 5.41) is 8.56. The Morgan fingerprint density at radius 3 is 2.67 bits per heavy atom. The van der Waals surface area contributed by atoms with Crippen LogP contribution in [0.2, 0.25) is 0 Å². The van der Waals surface area contributed by atoms with Crippen molar-refractivity contribution in [3.63, 3.8) is 0 Å². The van der Waals surface area contributed by atoms with E-state index in [1.54, 1.807) is 0 Å². The van der Waals surface area contributed by atoms with Gasteiger partial charge >= 0.3 is 0 Å². The van der Waals surface area contributed by atoms with Crippen LogP contribution >= 0.6 is 0 Å². The molecule has 0 bridgehead atoms. The van der Waals surface area contributed by atoms with Crippen molar-refractivity contribution in [3.05, 3.63) is 18.3 Å².